The van der Waals surface area contributed by atoms with Crippen LogP contribution < -0.4 is 16.0 Å². The summed E-state index contributed by atoms with van der Waals surface area (Å²) in [7, 11) is -13.0. The van der Waals surface area contributed by atoms with Gasteiger partial charge in [-0.3, -0.25) is 9.11 Å². The van der Waals surface area contributed by atoms with Crippen LogP contribution in [0.3, 0.4) is 0 Å². The third-order valence-corrected chi connectivity index (χ3v) is 10.2. The first-order chi connectivity index (χ1) is 24.0. The van der Waals surface area contributed by atoms with E-state index in [-0.39, 0.29) is 51.9 Å². The van der Waals surface area contributed by atoms with Gasteiger partial charge >= 0.3 is 6.08 Å². The molecule has 1 aromatic heterocycles. The predicted octanol–water partition coefficient (Wildman–Crippen LogP) is 5.49. The predicted molar refractivity (Wildman–Crippen MR) is 191 cm³/mol. The lowest BCUT2D eigenvalue weighted by molar-refractivity contribution is 0.409. The Morgan fingerprint density at radius 3 is 2.12 bits per heavy atom. The highest BCUT2D eigenvalue weighted by Crippen LogP contribution is 2.38. The molecule has 0 saturated carbocycles. The van der Waals surface area contributed by atoms with Crippen LogP contribution in [0.15, 0.2) is 97.7 Å². The van der Waals surface area contributed by atoms with E-state index in [0.717, 1.165) is 6.07 Å². The Bertz CT molecular complexity index is 2470. The van der Waals surface area contributed by atoms with Crippen molar-refractivity contribution in [3.05, 3.63) is 78.9 Å². The maximum absolute atomic E-state index is 14.4. The molecule has 0 bridgehead atoms. The number of hydrogen-bond acceptors (Lipinski definition) is 17. The molecule has 1 heterocycles. The van der Waals surface area contributed by atoms with Gasteiger partial charge in [0.15, 0.2) is 9.84 Å². The molecule has 17 nitrogen and oxygen atoms in total. The Hall–Kier alpha value is -4.49. The second kappa shape index (κ2) is 15.4. The van der Waals surface area contributed by atoms with Gasteiger partial charge in [0.1, 0.15) is 22.1 Å². The summed E-state index contributed by atoms with van der Waals surface area (Å²) < 4.78 is 110. The van der Waals surface area contributed by atoms with Crippen molar-refractivity contribution in [1.29, 1.82) is 0 Å². The average molecular weight is 797 g/mol. The molecule has 0 unspecified atom stereocenters. The van der Waals surface area contributed by atoms with Crippen molar-refractivity contribution in [2.75, 3.05) is 34.2 Å². The number of azo groups is 1. The summed E-state index contributed by atoms with van der Waals surface area (Å²) in [5.41, 5.74) is 0.143. The molecule has 5 rings (SSSR count). The minimum Gasteiger partial charge on any atom is -0.368 e. The molecule has 4 aromatic carbocycles. The Morgan fingerprint density at radius 1 is 0.804 bits per heavy atom. The molecule has 5 N–H and O–H groups in total. The molecule has 23 heteroatoms. The lowest BCUT2D eigenvalue weighted by atomic mass is 10.1. The topological polar surface area (TPSA) is 252 Å². The zero-order valence-corrected chi connectivity index (χ0v) is 29.8. The molecule has 0 radical (unpaired) electrons. The van der Waals surface area contributed by atoms with Crippen LogP contribution in [-0.2, 0) is 34.3 Å². The minimum absolute atomic E-state index is 0.0127. The number of thiol groups is 2. The van der Waals surface area contributed by atoms with E-state index in [9.17, 15) is 38.7 Å². The smallest absolute Gasteiger partial charge is 0.315 e. The molecule has 268 valence electrons. The molecular weight excluding hydrogens is 772 g/mol. The Balaban J connectivity index is 1.42. The second-order valence-corrected chi connectivity index (χ2v) is 16.0. The van der Waals surface area contributed by atoms with E-state index in [1.165, 1.54) is 42.5 Å². The van der Waals surface area contributed by atoms with Crippen LogP contribution in [0.4, 0.5) is 44.7 Å². The largest absolute Gasteiger partial charge is 0.368 e. The number of halogens is 1. The molecule has 0 aliphatic rings. The van der Waals surface area contributed by atoms with Crippen LogP contribution in [0.25, 0.3) is 10.8 Å². The van der Waals surface area contributed by atoms with Crippen molar-refractivity contribution >= 4 is 107 Å². The lowest BCUT2D eigenvalue weighted by Gasteiger charge is -2.12. The highest BCUT2D eigenvalue weighted by Gasteiger charge is 2.19. The summed E-state index contributed by atoms with van der Waals surface area (Å²) in [6.07, 6.45) is -1.22. The summed E-state index contributed by atoms with van der Waals surface area (Å²) in [4.78, 5) is 11.1. The van der Waals surface area contributed by atoms with Gasteiger partial charge in [0.05, 0.1) is 22.9 Å². The summed E-state index contributed by atoms with van der Waals surface area (Å²) in [5.74, 6) is -1.82. The lowest BCUT2D eigenvalue weighted by Crippen LogP contribution is -2.13. The molecule has 0 amide bonds. The number of aromatic nitrogens is 3. The van der Waals surface area contributed by atoms with Gasteiger partial charge in [0.25, 0.3) is 20.2 Å². The van der Waals surface area contributed by atoms with Crippen LogP contribution in [0.2, 0.25) is 0 Å². The SMILES string of the molecule is O=S(=O)(O)CNc1ccc2cc(S)ccc2c1N=Nc1ccc(Nc2nc(F)nc(Nc3ccc(S(=O)(=O)CCOS)cc3)n2)cc1S(=O)(=O)O. The second-order valence-electron chi connectivity index (χ2n) is 10.3. The number of nitrogens with zero attached hydrogens (tertiary/aromatic N) is 5. The van der Waals surface area contributed by atoms with E-state index >= 15 is 0 Å². The summed E-state index contributed by atoms with van der Waals surface area (Å²) >= 11 is 7.85. The number of nitrogens with one attached hydrogen (secondary N) is 3. The van der Waals surface area contributed by atoms with Crippen molar-refractivity contribution in [2.45, 2.75) is 14.7 Å². The molecule has 0 aliphatic heterocycles. The maximum Gasteiger partial charge on any atom is 0.315 e. The zero-order valence-electron chi connectivity index (χ0n) is 25.5. The van der Waals surface area contributed by atoms with Crippen molar-refractivity contribution in [1.82, 2.24) is 15.0 Å². The number of benzene rings is 4. The monoisotopic (exact) mass is 796 g/mol. The van der Waals surface area contributed by atoms with Crippen LogP contribution in [-0.4, -0.2) is 67.5 Å². The molecular formula is C28H25FN8O9S5. The Labute approximate surface area is 301 Å². The standard InChI is InChI=1S/C28H25FN8O9S5/c29-26-33-27(31-17-2-6-20(7-3-17)49(38,39)12-11-46-48)35-28(34-26)32-18-4-10-22(24(14-18)51(43,44)45)36-37-25-21-8-5-19(47)13-16(21)1-9-23(25)30-15-50(40,41)42/h1-10,13-14,30,47-48H,11-12,15H2,(H,40,41,42)(H,43,44,45)(H2,31,32,33,34,35). The molecule has 0 fully saturated rings. The van der Waals surface area contributed by atoms with E-state index in [0.29, 0.717) is 21.4 Å². The zero-order chi connectivity index (χ0) is 37.0. The minimum atomic E-state index is -4.94. The van der Waals surface area contributed by atoms with E-state index in [2.05, 4.69) is 70.9 Å². The number of fused-ring (bicyclic) bond motifs is 1. The van der Waals surface area contributed by atoms with E-state index in [4.69, 9.17) is 0 Å². The summed E-state index contributed by atoms with van der Waals surface area (Å²) in [5, 5.41) is 17.1. The van der Waals surface area contributed by atoms with E-state index < -0.39 is 46.9 Å². The Morgan fingerprint density at radius 2 is 1.47 bits per heavy atom. The van der Waals surface area contributed by atoms with Crippen molar-refractivity contribution in [3.63, 3.8) is 0 Å². The van der Waals surface area contributed by atoms with Crippen LogP contribution in [0.5, 0.6) is 0 Å². The van der Waals surface area contributed by atoms with Crippen molar-refractivity contribution < 1.29 is 42.9 Å². The highest BCUT2D eigenvalue weighted by molar-refractivity contribution is 7.91. The summed E-state index contributed by atoms with van der Waals surface area (Å²) in [6.45, 7) is -0.118. The van der Waals surface area contributed by atoms with E-state index in [1.807, 2.05) is 0 Å². The van der Waals surface area contributed by atoms with Crippen molar-refractivity contribution in [2.24, 2.45) is 10.2 Å². The molecule has 0 saturated heterocycles. The summed E-state index contributed by atoms with van der Waals surface area (Å²) in [6, 6.07) is 17.0. The fourth-order valence-electron chi connectivity index (χ4n) is 4.44. The van der Waals surface area contributed by atoms with Gasteiger partial charge in [-0.05, 0) is 79.0 Å². The van der Waals surface area contributed by atoms with Crippen molar-refractivity contribution in [3.8, 4) is 0 Å². The third-order valence-electron chi connectivity index (χ3n) is 6.69. The molecule has 5 aromatic rings. The number of sulfone groups is 1. The van der Waals surface area contributed by atoms with Gasteiger partial charge in [-0.2, -0.15) is 36.2 Å². The van der Waals surface area contributed by atoms with Gasteiger partial charge < -0.3 is 20.1 Å². The molecule has 0 aliphatic carbocycles. The average Bonchev–Trinajstić information content (AvgIpc) is 3.05. The normalized spacial score (nSPS) is 12.3. The van der Waals surface area contributed by atoms with Gasteiger partial charge in [-0.1, -0.05) is 12.1 Å². The first kappa shape index (κ1) is 37.8. The first-order valence-corrected chi connectivity index (χ1v) is 19.5. The fraction of sp³-hybridized carbons (Fsp3) is 0.107. The molecule has 0 spiro atoms. The number of hydrogen-bond donors (Lipinski definition) is 7. The fourth-order valence-corrected chi connectivity index (χ4v) is 6.94. The number of anilines is 5. The van der Waals surface area contributed by atoms with Crippen LogP contribution >= 0.6 is 25.5 Å². The molecule has 51 heavy (non-hydrogen) atoms. The highest BCUT2D eigenvalue weighted by atomic mass is 32.2. The number of rotatable bonds is 14. The quantitative estimate of drug-likeness (QED) is 0.0317. The van der Waals surface area contributed by atoms with Gasteiger partial charge in [0.2, 0.25) is 11.9 Å². The van der Waals surface area contributed by atoms with Crippen LogP contribution in [0.1, 0.15) is 0 Å². The van der Waals surface area contributed by atoms with Gasteiger partial charge in [0, 0.05) is 21.7 Å². The van der Waals surface area contributed by atoms with Gasteiger partial charge in [-0.15, -0.1) is 22.9 Å². The van der Waals surface area contributed by atoms with Crippen LogP contribution in [0, 0.1) is 6.08 Å². The third kappa shape index (κ3) is 10.1. The molecule has 0 atom stereocenters. The van der Waals surface area contributed by atoms with Gasteiger partial charge in [-0.25, -0.2) is 8.42 Å². The first-order valence-electron chi connectivity index (χ1n) is 14.0. The Kier molecular flexibility index (Phi) is 11.4. The maximum atomic E-state index is 14.4. The van der Waals surface area contributed by atoms with E-state index in [1.54, 1.807) is 24.3 Å².